The number of carbonyl (C=O) groups excluding carboxylic acids is 2. The molecule has 70 heavy (non-hydrogen) atoms. The van der Waals surface area contributed by atoms with E-state index in [9.17, 15) is 19.8 Å². The molecule has 414 valence electrons. The number of esters is 1. The number of aliphatic hydroxyl groups is 2. The molecule has 0 aliphatic carbocycles. The van der Waals surface area contributed by atoms with Crippen molar-refractivity contribution >= 4 is 11.9 Å². The fourth-order valence-corrected chi connectivity index (χ4v) is 9.87. The number of amides is 1. The summed E-state index contributed by atoms with van der Waals surface area (Å²) in [6.07, 6.45) is 73.8. The van der Waals surface area contributed by atoms with E-state index >= 15 is 0 Å². The minimum atomic E-state index is -0.841. The van der Waals surface area contributed by atoms with Crippen molar-refractivity contribution in [2.75, 3.05) is 13.2 Å². The maximum atomic E-state index is 12.4. The quantitative estimate of drug-likeness (QED) is 0.0321. The summed E-state index contributed by atoms with van der Waals surface area (Å²) < 4.78 is 5.47. The minimum Gasteiger partial charge on any atom is -0.466 e. The number of aliphatic hydroxyl groups excluding tert-OH is 2. The Bertz CT molecular complexity index is 1090. The van der Waals surface area contributed by atoms with Gasteiger partial charge in [0, 0.05) is 12.8 Å². The number of rotatable bonds is 59. The van der Waals surface area contributed by atoms with Gasteiger partial charge in [0.05, 0.1) is 25.4 Å². The van der Waals surface area contributed by atoms with Gasteiger partial charge in [0.25, 0.3) is 0 Å². The van der Waals surface area contributed by atoms with E-state index in [0.29, 0.717) is 19.4 Å². The maximum absolute atomic E-state index is 12.4. The fourth-order valence-electron chi connectivity index (χ4n) is 9.87. The van der Waals surface area contributed by atoms with Crippen LogP contribution < -0.4 is 5.32 Å². The van der Waals surface area contributed by atoms with Crippen molar-refractivity contribution in [1.82, 2.24) is 5.32 Å². The largest absolute Gasteiger partial charge is 0.466 e. The molecule has 0 bridgehead atoms. The molecule has 0 aliphatic rings. The summed E-state index contributed by atoms with van der Waals surface area (Å²) in [6.45, 7) is 4.91. The van der Waals surface area contributed by atoms with Crippen molar-refractivity contribution in [3.8, 4) is 0 Å². The number of carbonyl (C=O) groups is 2. The molecule has 0 radical (unpaired) electrons. The van der Waals surface area contributed by atoms with Crippen LogP contribution in [0, 0.1) is 0 Å². The molecule has 0 aromatic heterocycles. The first-order valence-corrected chi connectivity index (χ1v) is 31.6. The SMILES string of the molecule is CCCCCCCCCCCC/C=C/C(O)C(CO)NC(=O)CCCCCCCCCCCCCCCC/C=C\CCCCCCCCCCCCCCOC(=O)CCCCCCCCCCCCC. The number of allylic oxidation sites excluding steroid dienone is 3. The molecule has 6 nitrogen and oxygen atoms in total. The molecule has 0 rings (SSSR count). The molecule has 2 unspecified atom stereocenters. The van der Waals surface area contributed by atoms with Gasteiger partial charge < -0.3 is 20.3 Å². The third kappa shape index (κ3) is 55.7. The molecule has 0 saturated carbocycles. The van der Waals surface area contributed by atoms with Crippen LogP contribution in [0.25, 0.3) is 0 Å². The summed E-state index contributed by atoms with van der Waals surface area (Å²) in [4.78, 5) is 24.4. The Morgan fingerprint density at radius 2 is 0.671 bits per heavy atom. The van der Waals surface area contributed by atoms with Gasteiger partial charge >= 0.3 is 5.97 Å². The van der Waals surface area contributed by atoms with Crippen LogP contribution in [0.1, 0.15) is 348 Å². The number of hydrogen-bond donors (Lipinski definition) is 3. The number of hydrogen-bond acceptors (Lipinski definition) is 5. The van der Waals surface area contributed by atoms with E-state index in [1.807, 2.05) is 6.08 Å². The molecular weight excluding hydrogens is 863 g/mol. The summed E-state index contributed by atoms with van der Waals surface area (Å²) in [5.41, 5.74) is 0. The second kappa shape index (κ2) is 59.9. The summed E-state index contributed by atoms with van der Waals surface area (Å²) in [5.74, 6) is -0.0494. The highest BCUT2D eigenvalue weighted by molar-refractivity contribution is 5.76. The molecule has 0 saturated heterocycles. The van der Waals surface area contributed by atoms with Crippen LogP contribution in [-0.2, 0) is 14.3 Å². The van der Waals surface area contributed by atoms with E-state index in [4.69, 9.17) is 4.74 Å². The van der Waals surface area contributed by atoms with Crippen molar-refractivity contribution in [2.45, 2.75) is 360 Å². The molecule has 0 heterocycles. The second-order valence-corrected chi connectivity index (χ2v) is 21.7. The highest BCUT2D eigenvalue weighted by atomic mass is 16.5. The first-order chi connectivity index (χ1) is 34.5. The van der Waals surface area contributed by atoms with Gasteiger partial charge in [0.1, 0.15) is 0 Å². The lowest BCUT2D eigenvalue weighted by molar-refractivity contribution is -0.143. The summed E-state index contributed by atoms with van der Waals surface area (Å²) >= 11 is 0. The monoisotopic (exact) mass is 986 g/mol. The number of ether oxygens (including phenoxy) is 1. The fraction of sp³-hybridized carbons (Fsp3) is 0.906. The first kappa shape index (κ1) is 68.3. The van der Waals surface area contributed by atoms with Gasteiger partial charge in [-0.1, -0.05) is 301 Å². The Morgan fingerprint density at radius 1 is 0.386 bits per heavy atom. The molecule has 2 atom stereocenters. The van der Waals surface area contributed by atoms with Crippen molar-refractivity contribution < 1.29 is 24.5 Å². The lowest BCUT2D eigenvalue weighted by atomic mass is 10.0. The Labute approximate surface area is 437 Å². The summed E-state index contributed by atoms with van der Waals surface area (Å²) in [5, 5.41) is 23.1. The summed E-state index contributed by atoms with van der Waals surface area (Å²) in [6, 6.07) is -0.625. The lowest BCUT2D eigenvalue weighted by Gasteiger charge is -2.20. The van der Waals surface area contributed by atoms with Gasteiger partial charge in [-0.2, -0.15) is 0 Å². The van der Waals surface area contributed by atoms with Crippen LogP contribution in [0.5, 0.6) is 0 Å². The highest BCUT2D eigenvalue weighted by Crippen LogP contribution is 2.17. The second-order valence-electron chi connectivity index (χ2n) is 21.7. The molecule has 6 heteroatoms. The Kier molecular flexibility index (Phi) is 58.5. The van der Waals surface area contributed by atoms with E-state index in [2.05, 4.69) is 31.3 Å². The van der Waals surface area contributed by atoms with E-state index in [1.54, 1.807) is 6.08 Å². The van der Waals surface area contributed by atoms with Gasteiger partial charge in [0.2, 0.25) is 5.91 Å². The van der Waals surface area contributed by atoms with Crippen LogP contribution in [0.4, 0.5) is 0 Å². The van der Waals surface area contributed by atoms with Crippen molar-refractivity contribution in [2.24, 2.45) is 0 Å². The number of unbranched alkanes of at least 4 members (excludes halogenated alkanes) is 46. The first-order valence-electron chi connectivity index (χ1n) is 31.6. The molecular formula is C64H123NO5. The predicted octanol–water partition coefficient (Wildman–Crippen LogP) is 19.8. The van der Waals surface area contributed by atoms with E-state index in [-0.39, 0.29) is 18.5 Å². The van der Waals surface area contributed by atoms with Crippen molar-refractivity contribution in [3.05, 3.63) is 24.3 Å². The molecule has 0 fully saturated rings. The van der Waals surface area contributed by atoms with Gasteiger partial charge in [0.15, 0.2) is 0 Å². The van der Waals surface area contributed by atoms with Crippen LogP contribution in [-0.4, -0.2) is 47.4 Å². The Hall–Kier alpha value is -1.66. The topological polar surface area (TPSA) is 95.9 Å². The lowest BCUT2D eigenvalue weighted by Crippen LogP contribution is -2.45. The van der Waals surface area contributed by atoms with Gasteiger partial charge in [-0.3, -0.25) is 9.59 Å². The Morgan fingerprint density at radius 3 is 1.01 bits per heavy atom. The molecule has 0 aromatic carbocycles. The molecule has 0 aromatic rings. The standard InChI is InChI=1S/C64H123NO5/c1-3-5-7-9-11-13-15-37-40-44-48-52-56-62(67)61(60-66)65-63(68)57-53-49-45-41-38-34-32-30-28-26-24-22-20-18-16-17-19-21-23-25-27-29-31-33-35-39-43-47-51-55-59-70-64(69)58-54-50-46-42-36-14-12-10-8-6-4-2/h17,19,52,56,61-62,66-67H,3-16,18,20-51,53-55,57-60H2,1-2H3,(H,65,68)/b19-17-,56-52+. The summed E-state index contributed by atoms with van der Waals surface area (Å²) in [7, 11) is 0. The third-order valence-corrected chi connectivity index (χ3v) is 14.7. The zero-order valence-electron chi connectivity index (χ0n) is 47.3. The van der Waals surface area contributed by atoms with E-state index < -0.39 is 12.1 Å². The molecule has 3 N–H and O–H groups in total. The zero-order chi connectivity index (χ0) is 50.7. The smallest absolute Gasteiger partial charge is 0.305 e. The van der Waals surface area contributed by atoms with Crippen LogP contribution in [0.15, 0.2) is 24.3 Å². The van der Waals surface area contributed by atoms with Crippen molar-refractivity contribution in [3.63, 3.8) is 0 Å². The molecule has 0 aliphatic heterocycles. The molecule has 1 amide bonds. The predicted molar refractivity (Wildman–Crippen MR) is 306 cm³/mol. The van der Waals surface area contributed by atoms with E-state index in [1.165, 1.54) is 283 Å². The average molecular weight is 987 g/mol. The van der Waals surface area contributed by atoms with Gasteiger partial charge in [-0.15, -0.1) is 0 Å². The van der Waals surface area contributed by atoms with Crippen LogP contribution in [0.3, 0.4) is 0 Å². The normalized spacial score (nSPS) is 12.7. The van der Waals surface area contributed by atoms with Crippen LogP contribution >= 0.6 is 0 Å². The number of nitrogens with one attached hydrogen (secondary N) is 1. The van der Waals surface area contributed by atoms with Gasteiger partial charge in [-0.05, 0) is 57.8 Å². The highest BCUT2D eigenvalue weighted by Gasteiger charge is 2.18. The molecule has 0 spiro atoms. The Balaban J connectivity index is 3.37. The van der Waals surface area contributed by atoms with E-state index in [0.717, 1.165) is 38.5 Å². The third-order valence-electron chi connectivity index (χ3n) is 14.7. The van der Waals surface area contributed by atoms with Gasteiger partial charge in [-0.25, -0.2) is 0 Å². The van der Waals surface area contributed by atoms with Crippen molar-refractivity contribution in [1.29, 1.82) is 0 Å². The zero-order valence-corrected chi connectivity index (χ0v) is 47.3. The minimum absolute atomic E-state index is 0.0166. The average Bonchev–Trinajstić information content (AvgIpc) is 3.36. The maximum Gasteiger partial charge on any atom is 0.305 e. The van der Waals surface area contributed by atoms with Crippen LogP contribution in [0.2, 0.25) is 0 Å².